The van der Waals surface area contributed by atoms with E-state index in [-0.39, 0.29) is 16.8 Å². The minimum absolute atomic E-state index is 0.0579. The molecule has 0 aliphatic heterocycles. The van der Waals surface area contributed by atoms with Gasteiger partial charge >= 0.3 is 0 Å². The van der Waals surface area contributed by atoms with Crippen LogP contribution in [0, 0.1) is 5.41 Å². The van der Waals surface area contributed by atoms with Gasteiger partial charge in [-0.05, 0) is 51.1 Å². The van der Waals surface area contributed by atoms with Crippen LogP contribution in [0.1, 0.15) is 20.8 Å². The van der Waals surface area contributed by atoms with E-state index in [1.54, 1.807) is 4.99 Å². The summed E-state index contributed by atoms with van der Waals surface area (Å²) in [7, 11) is 0. The van der Waals surface area contributed by atoms with Crippen molar-refractivity contribution >= 4 is 63.7 Å². The normalized spacial score (nSPS) is 17.3. The minimum atomic E-state index is -0.345. The summed E-state index contributed by atoms with van der Waals surface area (Å²) in [6.45, 7) is 6.14. The molecule has 0 amide bonds. The van der Waals surface area contributed by atoms with Crippen LogP contribution in [0.25, 0.3) is 0 Å². The lowest BCUT2D eigenvalue weighted by Gasteiger charge is -2.29. The van der Waals surface area contributed by atoms with Crippen LogP contribution in [0.5, 0.6) is 0 Å². The molecule has 0 aliphatic carbocycles. The Kier molecular flexibility index (Phi) is 11.2. The van der Waals surface area contributed by atoms with Crippen LogP contribution in [0.2, 0.25) is 0 Å². The van der Waals surface area contributed by atoms with E-state index in [0.717, 1.165) is 17.4 Å². The Hall–Kier alpha value is 0.380. The van der Waals surface area contributed by atoms with Gasteiger partial charge in [-0.2, -0.15) is 0 Å². The Morgan fingerprint density at radius 1 is 1.18 bits per heavy atom. The summed E-state index contributed by atoms with van der Waals surface area (Å²) in [6, 6.07) is 0. The van der Waals surface area contributed by atoms with E-state index in [9.17, 15) is 5.11 Å². The first kappa shape index (κ1) is 22.4. The molecule has 22 heavy (non-hydrogen) atoms. The predicted molar refractivity (Wildman–Crippen MR) is 110 cm³/mol. The Bertz CT molecular complexity index is 512. The van der Waals surface area contributed by atoms with Crippen LogP contribution in [0.3, 0.4) is 0 Å². The summed E-state index contributed by atoms with van der Waals surface area (Å²) in [5.74, 6) is 0. The van der Waals surface area contributed by atoms with Crippen LogP contribution in [-0.4, -0.2) is 21.6 Å². The maximum atomic E-state index is 9.27. The van der Waals surface area contributed by atoms with Crippen molar-refractivity contribution in [1.29, 1.82) is 0 Å². The van der Waals surface area contributed by atoms with Crippen molar-refractivity contribution in [3.05, 3.63) is 55.7 Å². The standard InChI is InChI=1S/C16H20Br4O2/c1-11(18)6-13(8-15(20)10-22)16(2,3)12(4-5-17)7-14(19)9-21/h4-9,11,21-22H,10H2,1-3H3/b5-4+,12-7+,13-6+,14-9-,15-8+. The molecule has 0 aromatic heterocycles. The summed E-state index contributed by atoms with van der Waals surface area (Å²) < 4.78 is 1.29. The number of aliphatic hydroxyl groups is 2. The molecule has 0 saturated carbocycles. The van der Waals surface area contributed by atoms with Crippen LogP contribution >= 0.6 is 63.7 Å². The van der Waals surface area contributed by atoms with E-state index in [0.29, 0.717) is 8.96 Å². The lowest BCUT2D eigenvalue weighted by molar-refractivity contribution is 0.340. The van der Waals surface area contributed by atoms with Gasteiger partial charge < -0.3 is 10.2 Å². The quantitative estimate of drug-likeness (QED) is 0.208. The fraction of sp³-hybridized carbons (Fsp3) is 0.375. The van der Waals surface area contributed by atoms with Crippen molar-refractivity contribution < 1.29 is 10.2 Å². The third-order valence-corrected chi connectivity index (χ3v) is 4.42. The fourth-order valence-corrected chi connectivity index (χ4v) is 2.82. The van der Waals surface area contributed by atoms with Gasteiger partial charge in [0.15, 0.2) is 0 Å². The molecule has 0 heterocycles. The van der Waals surface area contributed by atoms with Crippen molar-refractivity contribution in [2.45, 2.75) is 25.6 Å². The van der Waals surface area contributed by atoms with Crippen molar-refractivity contribution in [1.82, 2.24) is 0 Å². The van der Waals surface area contributed by atoms with Crippen molar-refractivity contribution in [2.75, 3.05) is 6.61 Å². The molecule has 0 fully saturated rings. The molecule has 0 aromatic rings. The van der Waals surface area contributed by atoms with Gasteiger partial charge in [0, 0.05) is 14.7 Å². The third kappa shape index (κ3) is 7.77. The SMILES string of the molecule is CC(Br)/C=C(\C=C(\Br)CO)C(C)(C)C(/C=C/Br)=C/C(Br)=C/O. The van der Waals surface area contributed by atoms with Crippen molar-refractivity contribution in [2.24, 2.45) is 5.41 Å². The molecule has 1 atom stereocenters. The molecule has 0 rings (SSSR count). The van der Waals surface area contributed by atoms with Gasteiger partial charge in [-0.3, -0.25) is 0 Å². The molecule has 0 aliphatic rings. The zero-order valence-corrected chi connectivity index (χ0v) is 19.0. The summed E-state index contributed by atoms with van der Waals surface area (Å²) in [4.78, 5) is 1.96. The molecule has 0 radical (unpaired) electrons. The number of allylic oxidation sites excluding steroid dienone is 7. The van der Waals surface area contributed by atoms with E-state index < -0.39 is 0 Å². The number of rotatable bonds is 7. The maximum Gasteiger partial charge on any atom is 0.0933 e. The number of halogens is 4. The highest BCUT2D eigenvalue weighted by atomic mass is 79.9. The van der Waals surface area contributed by atoms with Crippen LogP contribution in [0.4, 0.5) is 0 Å². The molecule has 0 bridgehead atoms. The van der Waals surface area contributed by atoms with Crippen LogP contribution in [0.15, 0.2) is 55.7 Å². The number of hydrogen-bond donors (Lipinski definition) is 2. The molecular formula is C16H20Br4O2. The number of aliphatic hydroxyl groups excluding tert-OH is 2. The topological polar surface area (TPSA) is 40.5 Å². The second-order valence-corrected chi connectivity index (χ2v) is 8.99. The van der Waals surface area contributed by atoms with E-state index in [4.69, 9.17) is 5.11 Å². The smallest absolute Gasteiger partial charge is 0.0933 e. The molecule has 0 spiro atoms. The van der Waals surface area contributed by atoms with E-state index >= 15 is 0 Å². The highest BCUT2D eigenvalue weighted by molar-refractivity contribution is 9.12. The Labute approximate surface area is 166 Å². The van der Waals surface area contributed by atoms with Gasteiger partial charge in [0.25, 0.3) is 0 Å². The molecule has 2 nitrogen and oxygen atoms in total. The molecule has 0 aromatic carbocycles. The van der Waals surface area contributed by atoms with Crippen LogP contribution in [-0.2, 0) is 0 Å². The van der Waals surface area contributed by atoms with Gasteiger partial charge in [0.1, 0.15) is 0 Å². The highest BCUT2D eigenvalue weighted by Gasteiger charge is 2.26. The summed E-state index contributed by atoms with van der Waals surface area (Å²) in [6.07, 6.45) is 8.80. The first-order chi connectivity index (χ1) is 10.2. The lowest BCUT2D eigenvalue weighted by Crippen LogP contribution is -2.17. The average molecular weight is 564 g/mol. The zero-order chi connectivity index (χ0) is 17.3. The molecular weight excluding hydrogens is 544 g/mol. The predicted octanol–water partition coefficient (Wildman–Crippen LogP) is 6.62. The van der Waals surface area contributed by atoms with Crippen molar-refractivity contribution in [3.63, 3.8) is 0 Å². The van der Waals surface area contributed by atoms with Gasteiger partial charge in [-0.25, -0.2) is 0 Å². The third-order valence-electron chi connectivity index (χ3n) is 2.98. The van der Waals surface area contributed by atoms with E-state index in [1.807, 2.05) is 25.2 Å². The Balaban J connectivity index is 6.10. The van der Waals surface area contributed by atoms with Gasteiger partial charge in [-0.15, -0.1) is 0 Å². The largest absolute Gasteiger partial charge is 0.514 e. The molecule has 124 valence electrons. The Morgan fingerprint density at radius 3 is 2.18 bits per heavy atom. The Morgan fingerprint density at radius 2 is 1.77 bits per heavy atom. The maximum absolute atomic E-state index is 9.27. The monoisotopic (exact) mass is 560 g/mol. The zero-order valence-electron chi connectivity index (χ0n) is 12.7. The van der Waals surface area contributed by atoms with Crippen molar-refractivity contribution in [3.8, 4) is 0 Å². The first-order valence-corrected chi connectivity index (χ1v) is 9.92. The van der Waals surface area contributed by atoms with E-state index in [1.165, 1.54) is 0 Å². The second-order valence-electron chi connectivity index (χ2n) is 5.08. The fourth-order valence-electron chi connectivity index (χ4n) is 1.76. The first-order valence-electron chi connectivity index (χ1n) is 6.51. The number of hydrogen-bond acceptors (Lipinski definition) is 2. The van der Waals surface area contributed by atoms with Gasteiger partial charge in [0.05, 0.1) is 17.4 Å². The molecule has 2 N–H and O–H groups in total. The molecule has 6 heteroatoms. The number of alkyl halides is 1. The van der Waals surface area contributed by atoms with Crippen LogP contribution < -0.4 is 0 Å². The van der Waals surface area contributed by atoms with E-state index in [2.05, 4.69) is 83.6 Å². The summed E-state index contributed by atoms with van der Waals surface area (Å²) in [5.41, 5.74) is 1.67. The summed E-state index contributed by atoms with van der Waals surface area (Å²) in [5, 5.41) is 18.4. The molecule has 1 unspecified atom stereocenters. The minimum Gasteiger partial charge on any atom is -0.514 e. The van der Waals surface area contributed by atoms with Gasteiger partial charge in [-0.1, -0.05) is 73.8 Å². The average Bonchev–Trinajstić information content (AvgIpc) is 2.45. The lowest BCUT2D eigenvalue weighted by atomic mass is 9.76. The second kappa shape index (κ2) is 11.0. The molecule has 0 saturated heterocycles. The van der Waals surface area contributed by atoms with Gasteiger partial charge in [0.2, 0.25) is 0 Å². The summed E-state index contributed by atoms with van der Waals surface area (Å²) >= 11 is 13.5. The highest BCUT2D eigenvalue weighted by Crippen LogP contribution is 2.39.